The van der Waals surface area contributed by atoms with Gasteiger partial charge in [-0.2, -0.15) is 0 Å². The third-order valence-corrected chi connectivity index (χ3v) is 3.34. The Kier molecular flexibility index (Phi) is 2.36. The highest BCUT2D eigenvalue weighted by atomic mass is 16.5. The van der Waals surface area contributed by atoms with E-state index in [4.69, 9.17) is 4.74 Å². The van der Waals surface area contributed by atoms with Crippen molar-refractivity contribution in [3.63, 3.8) is 0 Å². The Morgan fingerprint density at radius 3 is 2.82 bits per heavy atom. The highest BCUT2D eigenvalue weighted by molar-refractivity contribution is 5.63. The van der Waals surface area contributed by atoms with Crippen LogP contribution in [0.15, 0.2) is 30.3 Å². The van der Waals surface area contributed by atoms with Crippen molar-refractivity contribution < 1.29 is 4.74 Å². The lowest BCUT2D eigenvalue weighted by molar-refractivity contribution is 0.357. The van der Waals surface area contributed by atoms with Crippen molar-refractivity contribution in [2.75, 3.05) is 6.61 Å². The lowest BCUT2D eigenvalue weighted by Gasteiger charge is -2.06. The fourth-order valence-electron chi connectivity index (χ4n) is 2.14. The molecule has 1 aliphatic rings. The summed E-state index contributed by atoms with van der Waals surface area (Å²) in [6.45, 7) is 4.94. The molecular formula is C15H15NO. The van der Waals surface area contributed by atoms with Crippen LogP contribution >= 0.6 is 0 Å². The number of benzene rings is 1. The number of hydrogen-bond donors (Lipinski definition) is 0. The predicted molar refractivity (Wildman–Crippen MR) is 68.3 cm³/mol. The van der Waals surface area contributed by atoms with Crippen LogP contribution < -0.4 is 4.74 Å². The molecule has 0 bridgehead atoms. The zero-order valence-corrected chi connectivity index (χ0v) is 10.2. The molecule has 2 heterocycles. The van der Waals surface area contributed by atoms with Gasteiger partial charge in [0.05, 0.1) is 12.3 Å². The summed E-state index contributed by atoms with van der Waals surface area (Å²) in [5.74, 6) is 1.03. The van der Waals surface area contributed by atoms with E-state index in [-0.39, 0.29) is 0 Å². The van der Waals surface area contributed by atoms with Gasteiger partial charge in [-0.3, -0.25) is 4.98 Å². The molecule has 1 aromatic heterocycles. The van der Waals surface area contributed by atoms with Crippen LogP contribution in [-0.2, 0) is 6.42 Å². The van der Waals surface area contributed by atoms with Gasteiger partial charge in [0.15, 0.2) is 0 Å². The number of ether oxygens (including phenoxy) is 1. The molecule has 3 rings (SSSR count). The average molecular weight is 225 g/mol. The number of hydrogen-bond acceptors (Lipinski definition) is 2. The lowest BCUT2D eigenvalue weighted by Crippen LogP contribution is -1.90. The van der Waals surface area contributed by atoms with Gasteiger partial charge in [0.2, 0.25) is 0 Å². The SMILES string of the molecule is Cc1ccc(-c2ccc3c(c2)CCO3)nc1C. The Balaban J connectivity index is 2.06. The van der Waals surface area contributed by atoms with Crippen molar-refractivity contribution in [2.24, 2.45) is 0 Å². The third-order valence-electron chi connectivity index (χ3n) is 3.34. The molecule has 17 heavy (non-hydrogen) atoms. The maximum absolute atomic E-state index is 5.51. The molecule has 86 valence electrons. The zero-order valence-electron chi connectivity index (χ0n) is 10.2. The monoisotopic (exact) mass is 225 g/mol. The summed E-state index contributed by atoms with van der Waals surface area (Å²) >= 11 is 0. The van der Waals surface area contributed by atoms with Crippen molar-refractivity contribution in [3.05, 3.63) is 47.2 Å². The average Bonchev–Trinajstić information content (AvgIpc) is 2.79. The molecule has 0 N–H and O–H groups in total. The van der Waals surface area contributed by atoms with E-state index in [2.05, 4.69) is 49.2 Å². The lowest BCUT2D eigenvalue weighted by atomic mass is 10.0. The van der Waals surface area contributed by atoms with E-state index >= 15 is 0 Å². The molecule has 0 atom stereocenters. The van der Waals surface area contributed by atoms with Gasteiger partial charge in [-0.25, -0.2) is 0 Å². The van der Waals surface area contributed by atoms with Gasteiger partial charge < -0.3 is 4.74 Å². The number of aryl methyl sites for hydroxylation is 2. The Labute approximate surface area is 101 Å². The van der Waals surface area contributed by atoms with Crippen molar-refractivity contribution in [3.8, 4) is 17.0 Å². The van der Waals surface area contributed by atoms with Crippen LogP contribution in [0, 0.1) is 13.8 Å². The minimum absolute atomic E-state index is 0.805. The first-order valence-electron chi connectivity index (χ1n) is 5.94. The van der Waals surface area contributed by atoms with Gasteiger partial charge in [0.25, 0.3) is 0 Å². The van der Waals surface area contributed by atoms with Gasteiger partial charge in [-0.05, 0) is 49.2 Å². The van der Waals surface area contributed by atoms with Gasteiger partial charge in [-0.15, -0.1) is 0 Å². The van der Waals surface area contributed by atoms with E-state index in [9.17, 15) is 0 Å². The second-order valence-electron chi connectivity index (χ2n) is 4.52. The Hall–Kier alpha value is -1.83. The molecule has 0 saturated heterocycles. The normalized spacial score (nSPS) is 13.3. The van der Waals surface area contributed by atoms with E-state index in [1.807, 2.05) is 0 Å². The molecule has 0 spiro atoms. The van der Waals surface area contributed by atoms with Crippen molar-refractivity contribution in [1.29, 1.82) is 0 Å². The van der Waals surface area contributed by atoms with Gasteiger partial charge in [0, 0.05) is 17.7 Å². The largest absolute Gasteiger partial charge is 0.493 e. The van der Waals surface area contributed by atoms with Crippen LogP contribution in [0.4, 0.5) is 0 Å². The topological polar surface area (TPSA) is 22.1 Å². The first-order chi connectivity index (χ1) is 8.24. The van der Waals surface area contributed by atoms with Gasteiger partial charge in [0.1, 0.15) is 5.75 Å². The predicted octanol–water partition coefficient (Wildman–Crippen LogP) is 3.30. The maximum atomic E-state index is 5.51. The summed E-state index contributed by atoms with van der Waals surface area (Å²) in [7, 11) is 0. The molecule has 1 aliphatic heterocycles. The summed E-state index contributed by atoms with van der Waals surface area (Å²) in [6, 6.07) is 10.5. The number of pyridine rings is 1. The van der Waals surface area contributed by atoms with Crippen LogP contribution in [0.3, 0.4) is 0 Å². The molecule has 0 saturated carbocycles. The smallest absolute Gasteiger partial charge is 0.122 e. The molecular weight excluding hydrogens is 210 g/mol. The summed E-state index contributed by atoms with van der Waals surface area (Å²) in [4.78, 5) is 4.63. The Morgan fingerprint density at radius 2 is 2.00 bits per heavy atom. The quantitative estimate of drug-likeness (QED) is 0.743. The number of nitrogens with zero attached hydrogens (tertiary/aromatic N) is 1. The summed E-state index contributed by atoms with van der Waals surface area (Å²) in [5.41, 5.74) is 5.85. The molecule has 0 radical (unpaired) electrons. The van der Waals surface area contributed by atoms with Crippen molar-refractivity contribution in [1.82, 2.24) is 4.98 Å². The highest BCUT2D eigenvalue weighted by Gasteiger charge is 2.13. The van der Waals surface area contributed by atoms with Gasteiger partial charge >= 0.3 is 0 Å². The molecule has 1 aromatic carbocycles. The Morgan fingerprint density at radius 1 is 1.12 bits per heavy atom. The van der Waals surface area contributed by atoms with E-state index in [0.717, 1.165) is 30.2 Å². The fraction of sp³-hybridized carbons (Fsp3) is 0.267. The summed E-state index contributed by atoms with van der Waals surface area (Å²) in [6.07, 6.45) is 1.01. The molecule has 2 nitrogen and oxygen atoms in total. The fourth-order valence-corrected chi connectivity index (χ4v) is 2.14. The maximum Gasteiger partial charge on any atom is 0.122 e. The highest BCUT2D eigenvalue weighted by Crippen LogP contribution is 2.29. The van der Waals surface area contributed by atoms with E-state index in [1.165, 1.54) is 16.7 Å². The third kappa shape index (κ3) is 1.80. The zero-order chi connectivity index (χ0) is 11.8. The van der Waals surface area contributed by atoms with Crippen LogP contribution in [0.5, 0.6) is 5.75 Å². The first kappa shape index (κ1) is 10.3. The second-order valence-corrected chi connectivity index (χ2v) is 4.52. The summed E-state index contributed by atoms with van der Waals surface area (Å²) in [5, 5.41) is 0. The molecule has 0 amide bonds. The van der Waals surface area contributed by atoms with E-state index in [1.54, 1.807) is 0 Å². The first-order valence-corrected chi connectivity index (χ1v) is 5.94. The van der Waals surface area contributed by atoms with Crippen LogP contribution in [0.1, 0.15) is 16.8 Å². The number of aromatic nitrogens is 1. The second kappa shape index (κ2) is 3.88. The molecule has 0 aliphatic carbocycles. The minimum Gasteiger partial charge on any atom is -0.493 e. The summed E-state index contributed by atoms with van der Waals surface area (Å²) < 4.78 is 5.51. The minimum atomic E-state index is 0.805. The van der Waals surface area contributed by atoms with E-state index in [0.29, 0.717) is 0 Å². The molecule has 2 heteroatoms. The standard InChI is InChI=1S/C15H15NO/c1-10-3-5-14(16-11(10)2)12-4-6-15-13(9-12)7-8-17-15/h3-6,9H,7-8H2,1-2H3. The molecule has 0 unspecified atom stereocenters. The van der Waals surface area contributed by atoms with Crippen molar-refractivity contribution in [2.45, 2.75) is 20.3 Å². The van der Waals surface area contributed by atoms with Crippen LogP contribution in [0.25, 0.3) is 11.3 Å². The van der Waals surface area contributed by atoms with E-state index < -0.39 is 0 Å². The van der Waals surface area contributed by atoms with Gasteiger partial charge in [-0.1, -0.05) is 6.07 Å². The van der Waals surface area contributed by atoms with Crippen LogP contribution in [0.2, 0.25) is 0 Å². The number of rotatable bonds is 1. The van der Waals surface area contributed by atoms with Crippen LogP contribution in [-0.4, -0.2) is 11.6 Å². The van der Waals surface area contributed by atoms with Crippen molar-refractivity contribution >= 4 is 0 Å². The molecule has 2 aromatic rings. The molecule has 0 fully saturated rings. The number of fused-ring (bicyclic) bond motifs is 1. The Bertz CT molecular complexity index is 575.